The summed E-state index contributed by atoms with van der Waals surface area (Å²) in [4.78, 5) is 14.1. The molecule has 3 N–H and O–H groups in total. The molecule has 15 heavy (non-hydrogen) atoms. The number of hydrogen-bond donors (Lipinski definition) is 2. The van der Waals surface area contributed by atoms with E-state index in [4.69, 9.17) is 23.3 Å². The molecule has 0 unspecified atom stereocenters. The average Bonchev–Trinajstić information content (AvgIpc) is 2.03. The predicted molar refractivity (Wildman–Crippen MR) is 45.1 cm³/mol. The first-order chi connectivity index (χ1) is 6.30. The van der Waals surface area contributed by atoms with E-state index in [1.807, 2.05) is 0 Å². The summed E-state index contributed by atoms with van der Waals surface area (Å²) in [6.45, 7) is 0. The Kier molecular flexibility index (Phi) is 8.72. The monoisotopic (exact) mass is 242 g/mol. The second-order valence-corrected chi connectivity index (χ2v) is 2.89. The molecule has 1 heterocycles. The van der Waals surface area contributed by atoms with Gasteiger partial charge in [0.15, 0.2) is 0 Å². The summed E-state index contributed by atoms with van der Waals surface area (Å²) in [5.41, 5.74) is 5.38. The Hall–Kier alpha value is -0.510. The maximum absolute atomic E-state index is 10.4. The van der Waals surface area contributed by atoms with Crippen LogP contribution in [0.2, 0.25) is 0 Å². The Morgan fingerprint density at radius 1 is 1.53 bits per heavy atom. The molecule has 9 heteroatoms. The van der Waals surface area contributed by atoms with Crippen molar-refractivity contribution in [1.82, 2.24) is 4.98 Å². The molecule has 0 aliphatic heterocycles. The Balaban J connectivity index is 0. The van der Waals surface area contributed by atoms with Crippen LogP contribution in [0.3, 0.4) is 0 Å². The summed E-state index contributed by atoms with van der Waals surface area (Å²) in [6.07, 6.45) is 3.02. The second kappa shape index (κ2) is 7.74. The van der Waals surface area contributed by atoms with E-state index >= 15 is 0 Å². The van der Waals surface area contributed by atoms with Crippen molar-refractivity contribution in [3.8, 4) is 0 Å². The third kappa shape index (κ3) is 13.5. The molecule has 1 rings (SSSR count). The van der Waals surface area contributed by atoms with Crippen molar-refractivity contribution < 1.29 is 51.9 Å². The van der Waals surface area contributed by atoms with Crippen molar-refractivity contribution in [2.45, 2.75) is 0 Å². The molecule has 0 saturated carbocycles. The van der Waals surface area contributed by atoms with Crippen molar-refractivity contribution in [1.29, 1.82) is 0 Å². The zero-order chi connectivity index (χ0) is 11.2. The predicted octanol–water partition coefficient (Wildman–Crippen LogP) is -3.81. The molecule has 0 spiro atoms. The summed E-state index contributed by atoms with van der Waals surface area (Å²) in [7, 11) is -4.92. The number of nitrogens with two attached hydrogens (primary N) is 1. The van der Waals surface area contributed by atoms with Gasteiger partial charge in [-0.05, 0) is 12.1 Å². The third-order valence-corrected chi connectivity index (χ3v) is 0.946. The van der Waals surface area contributed by atoms with Gasteiger partial charge in [-0.1, -0.05) is 0 Å². The molecule has 78 valence electrons. The fourth-order valence-electron chi connectivity index (χ4n) is 0.509. The third-order valence-electron chi connectivity index (χ3n) is 0.946. The van der Waals surface area contributed by atoms with Crippen LogP contribution in [0.25, 0.3) is 0 Å². The molecule has 0 fully saturated rings. The van der Waals surface area contributed by atoms with Crippen molar-refractivity contribution in [3.05, 3.63) is 30.1 Å². The molecule has 1 aromatic heterocycles. The number of pyridine rings is 1. The first kappa shape index (κ1) is 16.9. The van der Waals surface area contributed by atoms with Gasteiger partial charge in [-0.15, -0.1) is 0 Å². The molecule has 0 aromatic carbocycles. The number of primary amides is 1. The maximum atomic E-state index is 10.4. The maximum Gasteiger partial charge on any atom is 1.00 e. The normalized spacial score (nSPS) is 9.20. The molecule has 0 aliphatic carbocycles. The molecule has 0 bridgehead atoms. The van der Waals surface area contributed by atoms with Gasteiger partial charge in [0.05, 0.1) is 5.56 Å². The topological polar surface area (TPSA) is 133 Å². The van der Waals surface area contributed by atoms with Crippen LogP contribution in [0, 0.1) is 0 Å². The molecule has 0 radical (unpaired) electrons. The SMILES string of the molecule is NC(=O)c1cccnc1.O=S(=O)([O-])O.[Na+]. The fraction of sp³-hybridized carbons (Fsp3) is 0. The molecule has 1 aromatic rings. The van der Waals surface area contributed by atoms with Crippen LogP contribution >= 0.6 is 0 Å². The molecular weight excluding hydrogens is 235 g/mol. The minimum atomic E-state index is -4.92. The van der Waals surface area contributed by atoms with Gasteiger partial charge < -0.3 is 10.3 Å². The number of carbonyl (C=O) groups excluding carboxylic acids is 1. The van der Waals surface area contributed by atoms with Gasteiger partial charge >= 0.3 is 29.6 Å². The van der Waals surface area contributed by atoms with Crippen LogP contribution in [0.5, 0.6) is 0 Å². The van der Waals surface area contributed by atoms with E-state index in [1.54, 1.807) is 18.3 Å². The van der Waals surface area contributed by atoms with Crippen LogP contribution in [0.4, 0.5) is 0 Å². The number of nitrogens with zero attached hydrogens (tertiary/aromatic N) is 1. The fourth-order valence-corrected chi connectivity index (χ4v) is 0.509. The van der Waals surface area contributed by atoms with Crippen molar-refractivity contribution in [2.75, 3.05) is 0 Å². The zero-order valence-electron chi connectivity index (χ0n) is 7.82. The second-order valence-electron chi connectivity index (χ2n) is 2.03. The molecule has 0 aliphatic rings. The standard InChI is InChI=1S/C6H6N2O.Na.H2O4S/c7-6(9)5-2-1-3-8-4-5;;1-5(2,3)4/h1-4H,(H2,7,9);;(H2,1,2,3,4)/q;+1;/p-1. The van der Waals surface area contributed by atoms with Crippen molar-refractivity contribution >= 4 is 16.3 Å². The van der Waals surface area contributed by atoms with Crippen molar-refractivity contribution in [2.24, 2.45) is 5.73 Å². The molecule has 7 nitrogen and oxygen atoms in total. The minimum absolute atomic E-state index is 0. The minimum Gasteiger partial charge on any atom is -0.726 e. The van der Waals surface area contributed by atoms with Crippen LogP contribution in [-0.2, 0) is 10.4 Å². The van der Waals surface area contributed by atoms with E-state index < -0.39 is 16.3 Å². The largest absolute Gasteiger partial charge is 1.00 e. The van der Waals surface area contributed by atoms with Crippen LogP contribution < -0.4 is 35.3 Å². The number of rotatable bonds is 1. The van der Waals surface area contributed by atoms with Crippen LogP contribution in [0.1, 0.15) is 10.4 Å². The summed E-state index contributed by atoms with van der Waals surface area (Å²) in [5.74, 6) is -0.442. The van der Waals surface area contributed by atoms with Crippen LogP contribution in [0.15, 0.2) is 24.5 Å². The van der Waals surface area contributed by atoms with E-state index in [-0.39, 0.29) is 29.6 Å². The zero-order valence-corrected chi connectivity index (χ0v) is 10.6. The van der Waals surface area contributed by atoms with Gasteiger partial charge in [-0.3, -0.25) is 14.3 Å². The van der Waals surface area contributed by atoms with Gasteiger partial charge in [0.2, 0.25) is 16.3 Å². The van der Waals surface area contributed by atoms with E-state index in [2.05, 4.69) is 4.98 Å². The number of aromatic nitrogens is 1. The number of hydrogen-bond acceptors (Lipinski definition) is 5. The number of amides is 1. The van der Waals surface area contributed by atoms with Gasteiger partial charge in [0, 0.05) is 12.4 Å². The quantitative estimate of drug-likeness (QED) is 0.294. The first-order valence-corrected chi connectivity index (χ1v) is 4.55. The van der Waals surface area contributed by atoms with Crippen LogP contribution in [-0.4, -0.2) is 28.4 Å². The Labute approximate surface area is 109 Å². The molecule has 0 atom stereocenters. The average molecular weight is 242 g/mol. The van der Waals surface area contributed by atoms with Crippen molar-refractivity contribution in [3.63, 3.8) is 0 Å². The smallest absolute Gasteiger partial charge is 0.726 e. The Morgan fingerprint density at radius 3 is 2.20 bits per heavy atom. The first-order valence-electron chi connectivity index (χ1n) is 3.19. The van der Waals surface area contributed by atoms with Gasteiger partial charge in [-0.25, -0.2) is 8.42 Å². The Morgan fingerprint density at radius 2 is 2.00 bits per heavy atom. The van der Waals surface area contributed by atoms with Gasteiger partial charge in [-0.2, -0.15) is 0 Å². The van der Waals surface area contributed by atoms with E-state index in [9.17, 15) is 4.79 Å². The summed E-state index contributed by atoms with van der Waals surface area (Å²) in [6, 6.07) is 3.29. The molecule has 0 saturated heterocycles. The molecular formula is C6H7N2NaO5S. The number of carbonyl (C=O) groups is 1. The van der Waals surface area contributed by atoms with E-state index in [1.165, 1.54) is 6.20 Å². The molecule has 1 amide bonds. The van der Waals surface area contributed by atoms with E-state index in [0.29, 0.717) is 5.56 Å². The summed E-state index contributed by atoms with van der Waals surface area (Å²) in [5, 5.41) is 0. The summed E-state index contributed by atoms with van der Waals surface area (Å²) >= 11 is 0. The summed E-state index contributed by atoms with van der Waals surface area (Å²) < 4.78 is 32.8. The van der Waals surface area contributed by atoms with E-state index in [0.717, 1.165) is 0 Å². The van der Waals surface area contributed by atoms with Gasteiger partial charge in [0.1, 0.15) is 0 Å². The Bertz CT molecular complexity index is 385. The van der Waals surface area contributed by atoms with Gasteiger partial charge in [0.25, 0.3) is 0 Å².